The fourth-order valence-corrected chi connectivity index (χ4v) is 2.42. The molecule has 0 aromatic heterocycles. The maximum absolute atomic E-state index is 11.6. The third-order valence-electron chi connectivity index (χ3n) is 3.56. The van der Waals surface area contributed by atoms with E-state index in [2.05, 4.69) is 25.2 Å². The van der Waals surface area contributed by atoms with E-state index in [-0.39, 0.29) is 5.97 Å². The summed E-state index contributed by atoms with van der Waals surface area (Å²) in [7, 11) is 0. The van der Waals surface area contributed by atoms with Crippen LogP contribution < -0.4 is 0 Å². The van der Waals surface area contributed by atoms with Gasteiger partial charge in [-0.2, -0.15) is 0 Å². The minimum atomic E-state index is -0.246. The second-order valence-electron chi connectivity index (χ2n) is 5.21. The van der Waals surface area contributed by atoms with Crippen molar-refractivity contribution in [3.63, 3.8) is 0 Å². The summed E-state index contributed by atoms with van der Waals surface area (Å²) in [4.78, 5) is 11.6. The molecule has 3 heteroatoms. The van der Waals surface area contributed by atoms with E-state index in [1.54, 1.807) is 6.08 Å². The summed E-state index contributed by atoms with van der Waals surface area (Å²) in [5.74, 6) is 0.648. The van der Waals surface area contributed by atoms with Crippen molar-refractivity contribution < 1.29 is 14.3 Å². The summed E-state index contributed by atoms with van der Waals surface area (Å²) in [6, 6.07) is 0. The molecule has 2 aliphatic rings. The summed E-state index contributed by atoms with van der Waals surface area (Å²) in [6.45, 7) is 5.87. The van der Waals surface area contributed by atoms with Gasteiger partial charge in [-0.15, -0.1) is 0 Å². The lowest BCUT2D eigenvalue weighted by Gasteiger charge is -2.06. The van der Waals surface area contributed by atoms with E-state index in [9.17, 15) is 4.79 Å². The van der Waals surface area contributed by atoms with Gasteiger partial charge in [0.1, 0.15) is 0 Å². The van der Waals surface area contributed by atoms with Crippen molar-refractivity contribution in [2.45, 2.75) is 26.7 Å². The van der Waals surface area contributed by atoms with Crippen LogP contribution in [0.5, 0.6) is 0 Å². The van der Waals surface area contributed by atoms with Crippen LogP contribution in [0.4, 0.5) is 0 Å². The first-order valence-electron chi connectivity index (χ1n) is 7.03. The number of esters is 1. The van der Waals surface area contributed by atoms with Crippen LogP contribution in [0.3, 0.4) is 0 Å². The van der Waals surface area contributed by atoms with Crippen LogP contribution in [-0.2, 0) is 14.3 Å². The average Bonchev–Trinajstić information content (AvgIpc) is 2.81. The molecule has 0 spiro atoms. The monoisotopic (exact) mass is 262 g/mol. The highest BCUT2D eigenvalue weighted by atomic mass is 16.5. The Hall–Kier alpha value is -1.35. The Balaban J connectivity index is 2.20. The minimum Gasteiger partial charge on any atom is -0.463 e. The second kappa shape index (κ2) is 6.71. The summed E-state index contributed by atoms with van der Waals surface area (Å²) in [5.41, 5.74) is 2.32. The summed E-state index contributed by atoms with van der Waals surface area (Å²) in [6.07, 6.45) is 10.2. The number of ether oxygens (including phenoxy) is 2. The molecule has 0 aromatic carbocycles. The number of carbonyl (C=O) groups excluding carboxylic acids is 1. The first-order valence-corrected chi connectivity index (χ1v) is 7.03. The number of allylic oxidation sites excluding steroid dienone is 3. The average molecular weight is 262 g/mol. The standard InChI is InChI=1S/C16H22O3/c1-3-19-16(17)9-13-6-4-12(2)5-7-14-10-18-11-15(14)8-13/h5,7-9,12,14H,3-4,6,10-11H2,1-2H3/b7-5-,13-9-,15-8-. The van der Waals surface area contributed by atoms with Crippen molar-refractivity contribution in [1.82, 2.24) is 0 Å². The van der Waals surface area contributed by atoms with Gasteiger partial charge in [-0.05, 0) is 36.8 Å². The van der Waals surface area contributed by atoms with Gasteiger partial charge in [0.2, 0.25) is 0 Å². The van der Waals surface area contributed by atoms with Gasteiger partial charge in [-0.1, -0.05) is 25.2 Å². The molecule has 2 rings (SSSR count). The van der Waals surface area contributed by atoms with Gasteiger partial charge in [0.25, 0.3) is 0 Å². The lowest BCUT2D eigenvalue weighted by atomic mass is 9.99. The van der Waals surface area contributed by atoms with Gasteiger partial charge in [0.05, 0.1) is 19.8 Å². The van der Waals surface area contributed by atoms with Crippen molar-refractivity contribution >= 4 is 5.97 Å². The van der Waals surface area contributed by atoms with E-state index < -0.39 is 0 Å². The summed E-state index contributed by atoms with van der Waals surface area (Å²) >= 11 is 0. The Morgan fingerprint density at radius 3 is 3.16 bits per heavy atom. The molecule has 2 unspecified atom stereocenters. The Kier molecular flexibility index (Phi) is 4.97. The number of fused-ring (bicyclic) bond motifs is 1. The highest BCUT2D eigenvalue weighted by molar-refractivity contribution is 5.83. The third-order valence-corrected chi connectivity index (χ3v) is 3.56. The van der Waals surface area contributed by atoms with E-state index in [1.807, 2.05) is 6.92 Å². The molecule has 1 fully saturated rings. The molecule has 19 heavy (non-hydrogen) atoms. The molecule has 0 aromatic rings. The maximum Gasteiger partial charge on any atom is 0.331 e. The number of hydrogen-bond donors (Lipinski definition) is 0. The van der Waals surface area contributed by atoms with Crippen LogP contribution in [0.2, 0.25) is 0 Å². The van der Waals surface area contributed by atoms with E-state index in [4.69, 9.17) is 9.47 Å². The first kappa shape index (κ1) is 14.1. The predicted molar refractivity (Wildman–Crippen MR) is 74.6 cm³/mol. The molecule has 104 valence electrons. The molecule has 0 bridgehead atoms. The van der Waals surface area contributed by atoms with E-state index in [0.29, 0.717) is 25.0 Å². The lowest BCUT2D eigenvalue weighted by Crippen LogP contribution is -2.02. The van der Waals surface area contributed by atoms with Gasteiger partial charge in [-0.3, -0.25) is 0 Å². The predicted octanol–water partition coefficient (Wildman–Crippen LogP) is 3.03. The molecule has 1 saturated heterocycles. The van der Waals surface area contributed by atoms with Crippen molar-refractivity contribution in [2.24, 2.45) is 11.8 Å². The molecule has 1 heterocycles. The SMILES string of the molecule is CCOC(=O)/C=C1\C=C2\COCC2/C=C\C(C)CC1. The van der Waals surface area contributed by atoms with E-state index >= 15 is 0 Å². The fraction of sp³-hybridized carbons (Fsp3) is 0.562. The Morgan fingerprint density at radius 1 is 1.53 bits per heavy atom. The van der Waals surface area contributed by atoms with Crippen molar-refractivity contribution in [2.75, 3.05) is 19.8 Å². The quantitative estimate of drug-likeness (QED) is 0.436. The zero-order valence-electron chi connectivity index (χ0n) is 11.7. The van der Waals surface area contributed by atoms with Gasteiger partial charge < -0.3 is 9.47 Å². The zero-order chi connectivity index (χ0) is 13.7. The smallest absolute Gasteiger partial charge is 0.331 e. The van der Waals surface area contributed by atoms with Crippen LogP contribution in [0.15, 0.2) is 35.5 Å². The molecule has 0 saturated carbocycles. The normalized spacial score (nSPS) is 33.6. The summed E-state index contributed by atoms with van der Waals surface area (Å²) in [5, 5.41) is 0. The Bertz CT molecular complexity index is 418. The summed E-state index contributed by atoms with van der Waals surface area (Å²) < 4.78 is 10.5. The maximum atomic E-state index is 11.6. The first-order chi connectivity index (χ1) is 9.19. The van der Waals surface area contributed by atoms with E-state index in [1.165, 1.54) is 5.57 Å². The van der Waals surface area contributed by atoms with Crippen LogP contribution in [0.1, 0.15) is 26.7 Å². The molecule has 3 nitrogen and oxygen atoms in total. The number of hydrogen-bond acceptors (Lipinski definition) is 3. The highest BCUT2D eigenvalue weighted by Gasteiger charge is 2.21. The second-order valence-corrected chi connectivity index (χ2v) is 5.21. The van der Waals surface area contributed by atoms with Crippen molar-refractivity contribution in [3.8, 4) is 0 Å². The molecule has 2 atom stereocenters. The molecule has 1 aliphatic heterocycles. The topological polar surface area (TPSA) is 35.5 Å². The molecule has 1 aliphatic carbocycles. The number of rotatable bonds is 2. The van der Waals surface area contributed by atoms with Crippen molar-refractivity contribution in [3.05, 3.63) is 35.5 Å². The van der Waals surface area contributed by atoms with E-state index in [0.717, 1.165) is 25.0 Å². The fourth-order valence-electron chi connectivity index (χ4n) is 2.42. The van der Waals surface area contributed by atoms with Gasteiger partial charge >= 0.3 is 5.97 Å². The van der Waals surface area contributed by atoms with Crippen LogP contribution in [0, 0.1) is 11.8 Å². The van der Waals surface area contributed by atoms with Gasteiger partial charge in [0, 0.05) is 12.0 Å². The molecule has 0 N–H and O–H groups in total. The van der Waals surface area contributed by atoms with Crippen LogP contribution in [-0.4, -0.2) is 25.8 Å². The third kappa shape index (κ3) is 4.06. The Labute approximate surface area is 115 Å². The van der Waals surface area contributed by atoms with Crippen molar-refractivity contribution in [1.29, 1.82) is 0 Å². The molecule has 0 amide bonds. The van der Waals surface area contributed by atoms with Gasteiger partial charge in [-0.25, -0.2) is 4.79 Å². The van der Waals surface area contributed by atoms with Crippen LogP contribution >= 0.6 is 0 Å². The molecular weight excluding hydrogens is 240 g/mol. The largest absolute Gasteiger partial charge is 0.463 e. The van der Waals surface area contributed by atoms with Crippen LogP contribution in [0.25, 0.3) is 0 Å². The van der Waals surface area contributed by atoms with Gasteiger partial charge in [0.15, 0.2) is 0 Å². The Morgan fingerprint density at radius 2 is 2.37 bits per heavy atom. The minimum absolute atomic E-state index is 0.246. The zero-order valence-corrected chi connectivity index (χ0v) is 11.7. The molecule has 0 radical (unpaired) electrons. The highest BCUT2D eigenvalue weighted by Crippen LogP contribution is 2.27. The lowest BCUT2D eigenvalue weighted by molar-refractivity contribution is -0.137. The molecular formula is C16H22O3. The number of carbonyl (C=O) groups is 1.